The molecule has 0 spiro atoms. The zero-order valence-corrected chi connectivity index (χ0v) is 14.6. The summed E-state index contributed by atoms with van der Waals surface area (Å²) >= 11 is 0. The quantitative estimate of drug-likeness (QED) is 0.586. The Bertz CT molecular complexity index is 1160. The molecule has 0 saturated heterocycles. The van der Waals surface area contributed by atoms with Crippen LogP contribution in [0.5, 0.6) is 0 Å². The van der Waals surface area contributed by atoms with Gasteiger partial charge < -0.3 is 4.98 Å². The molecule has 27 heavy (non-hydrogen) atoms. The van der Waals surface area contributed by atoms with Gasteiger partial charge in [0.05, 0.1) is 23.3 Å². The van der Waals surface area contributed by atoms with Crippen molar-refractivity contribution >= 4 is 22.9 Å². The number of nitrogens with zero attached hydrogens (tertiary/aromatic N) is 3. The Balaban J connectivity index is 1.55. The van der Waals surface area contributed by atoms with Crippen LogP contribution in [0.1, 0.15) is 21.6 Å². The van der Waals surface area contributed by atoms with Crippen molar-refractivity contribution in [2.24, 2.45) is 0 Å². The second-order valence-electron chi connectivity index (χ2n) is 6.23. The highest BCUT2D eigenvalue weighted by atomic mass is 16.2. The van der Waals surface area contributed by atoms with E-state index < -0.39 is 0 Å². The first kappa shape index (κ1) is 16.7. The molecule has 134 valence electrons. The number of para-hydroxylation sites is 2. The van der Waals surface area contributed by atoms with Crippen LogP contribution in [-0.4, -0.2) is 25.7 Å². The standard InChI is InChI=1S/C20H17N5O2/c1-13-9-10-18(26)25(24-13)12-14-5-4-6-15(11-14)19(27)23-20-21-16-7-2-3-8-17(16)22-20/h2-11H,12H2,1H3,(H2,21,22,23,27). The second-order valence-corrected chi connectivity index (χ2v) is 6.23. The number of aryl methyl sites for hydroxylation is 1. The highest BCUT2D eigenvalue weighted by Gasteiger charge is 2.10. The number of carbonyl (C=O) groups is 1. The number of rotatable bonds is 4. The fourth-order valence-electron chi connectivity index (χ4n) is 2.84. The Morgan fingerprint density at radius 2 is 1.96 bits per heavy atom. The van der Waals surface area contributed by atoms with Crippen molar-refractivity contribution in [2.75, 3.05) is 5.32 Å². The number of amides is 1. The number of imidazole rings is 1. The predicted octanol–water partition coefficient (Wildman–Crippen LogP) is 2.73. The van der Waals surface area contributed by atoms with Gasteiger partial charge in [0, 0.05) is 11.6 Å². The number of aromatic amines is 1. The zero-order chi connectivity index (χ0) is 18.8. The first-order valence-electron chi connectivity index (χ1n) is 8.48. The molecule has 4 rings (SSSR count). The maximum Gasteiger partial charge on any atom is 0.267 e. The number of carbonyl (C=O) groups excluding carboxylic acids is 1. The van der Waals surface area contributed by atoms with Crippen LogP contribution in [0.15, 0.2) is 65.5 Å². The molecule has 4 aromatic rings. The summed E-state index contributed by atoms with van der Waals surface area (Å²) in [5.41, 5.74) is 3.50. The van der Waals surface area contributed by atoms with E-state index in [1.165, 1.54) is 10.7 Å². The third kappa shape index (κ3) is 3.62. The molecule has 7 heteroatoms. The van der Waals surface area contributed by atoms with E-state index in [0.29, 0.717) is 18.1 Å². The molecule has 2 aromatic carbocycles. The summed E-state index contributed by atoms with van der Waals surface area (Å²) in [6.07, 6.45) is 0. The lowest BCUT2D eigenvalue weighted by atomic mass is 10.1. The first-order valence-corrected chi connectivity index (χ1v) is 8.48. The average molecular weight is 359 g/mol. The van der Waals surface area contributed by atoms with Crippen LogP contribution in [0.25, 0.3) is 11.0 Å². The highest BCUT2D eigenvalue weighted by molar-refractivity contribution is 6.04. The molecule has 0 aliphatic heterocycles. The van der Waals surface area contributed by atoms with Gasteiger partial charge in [-0.1, -0.05) is 24.3 Å². The number of anilines is 1. The number of hydrogen-bond donors (Lipinski definition) is 2. The molecule has 0 aliphatic carbocycles. The van der Waals surface area contributed by atoms with E-state index in [4.69, 9.17) is 0 Å². The first-order chi connectivity index (χ1) is 13.1. The molecule has 0 bridgehead atoms. The van der Waals surface area contributed by atoms with Crippen LogP contribution in [0.2, 0.25) is 0 Å². The van der Waals surface area contributed by atoms with Crippen LogP contribution in [0, 0.1) is 6.92 Å². The van der Waals surface area contributed by atoms with Crippen LogP contribution in [0.4, 0.5) is 5.95 Å². The van der Waals surface area contributed by atoms with E-state index in [1.54, 1.807) is 24.3 Å². The van der Waals surface area contributed by atoms with Gasteiger partial charge in [0.25, 0.3) is 11.5 Å². The number of hydrogen-bond acceptors (Lipinski definition) is 4. The summed E-state index contributed by atoms with van der Waals surface area (Å²) in [6.45, 7) is 2.12. The summed E-state index contributed by atoms with van der Waals surface area (Å²) in [6, 6.07) is 17.8. The average Bonchev–Trinajstić information content (AvgIpc) is 3.07. The predicted molar refractivity (Wildman–Crippen MR) is 103 cm³/mol. The smallest absolute Gasteiger partial charge is 0.267 e. The van der Waals surface area contributed by atoms with Gasteiger partial charge in [-0.05, 0) is 42.8 Å². The van der Waals surface area contributed by atoms with Gasteiger partial charge >= 0.3 is 0 Å². The summed E-state index contributed by atoms with van der Waals surface area (Å²) in [5, 5.41) is 6.99. The zero-order valence-electron chi connectivity index (χ0n) is 14.6. The topological polar surface area (TPSA) is 92.7 Å². The van der Waals surface area contributed by atoms with Gasteiger partial charge in [0.15, 0.2) is 0 Å². The molecule has 0 atom stereocenters. The van der Waals surface area contributed by atoms with Crippen molar-refractivity contribution in [2.45, 2.75) is 13.5 Å². The van der Waals surface area contributed by atoms with Crippen LogP contribution >= 0.6 is 0 Å². The van der Waals surface area contributed by atoms with E-state index in [9.17, 15) is 9.59 Å². The third-order valence-corrected chi connectivity index (χ3v) is 4.14. The third-order valence-electron chi connectivity index (χ3n) is 4.14. The summed E-state index contributed by atoms with van der Waals surface area (Å²) in [5.74, 6) is 0.114. The van der Waals surface area contributed by atoms with Gasteiger partial charge in [-0.25, -0.2) is 9.67 Å². The maximum atomic E-state index is 12.6. The Morgan fingerprint density at radius 1 is 1.11 bits per heavy atom. The normalized spacial score (nSPS) is 10.9. The molecule has 0 aliphatic rings. The van der Waals surface area contributed by atoms with Gasteiger partial charge in [0.1, 0.15) is 0 Å². The molecule has 0 unspecified atom stereocenters. The van der Waals surface area contributed by atoms with E-state index in [1.807, 2.05) is 37.3 Å². The molecule has 7 nitrogen and oxygen atoms in total. The molecule has 1 amide bonds. The second kappa shape index (κ2) is 6.87. The van der Waals surface area contributed by atoms with Crippen LogP contribution in [0.3, 0.4) is 0 Å². The van der Waals surface area contributed by atoms with Crippen molar-refractivity contribution in [1.82, 2.24) is 19.7 Å². The Kier molecular flexibility index (Phi) is 4.25. The minimum atomic E-state index is -0.277. The fourth-order valence-corrected chi connectivity index (χ4v) is 2.84. The van der Waals surface area contributed by atoms with Crippen molar-refractivity contribution in [3.8, 4) is 0 Å². The van der Waals surface area contributed by atoms with Crippen molar-refractivity contribution in [1.29, 1.82) is 0 Å². The van der Waals surface area contributed by atoms with Crippen LogP contribution < -0.4 is 10.9 Å². The Morgan fingerprint density at radius 3 is 2.81 bits per heavy atom. The Hall–Kier alpha value is -3.74. The molecule has 2 aromatic heterocycles. The molecule has 0 fully saturated rings. The van der Waals surface area contributed by atoms with E-state index in [-0.39, 0.29) is 11.5 Å². The van der Waals surface area contributed by atoms with Crippen molar-refractivity contribution in [3.05, 3.63) is 87.8 Å². The van der Waals surface area contributed by atoms with Gasteiger partial charge in [0.2, 0.25) is 5.95 Å². The largest absolute Gasteiger partial charge is 0.324 e. The van der Waals surface area contributed by atoms with Gasteiger partial charge in [-0.3, -0.25) is 14.9 Å². The van der Waals surface area contributed by atoms with Crippen molar-refractivity contribution in [3.63, 3.8) is 0 Å². The highest BCUT2D eigenvalue weighted by Crippen LogP contribution is 2.14. The molecular formula is C20H17N5O2. The number of nitrogens with one attached hydrogen (secondary N) is 2. The lowest BCUT2D eigenvalue weighted by Crippen LogP contribution is -2.23. The van der Waals surface area contributed by atoms with Crippen LogP contribution in [-0.2, 0) is 6.54 Å². The fraction of sp³-hybridized carbons (Fsp3) is 0.100. The number of H-pyrrole nitrogens is 1. The Labute approximate surface area is 154 Å². The van der Waals surface area contributed by atoms with E-state index >= 15 is 0 Å². The van der Waals surface area contributed by atoms with Crippen molar-refractivity contribution < 1.29 is 4.79 Å². The minimum absolute atomic E-state index is 0.183. The molecule has 0 saturated carbocycles. The lowest BCUT2D eigenvalue weighted by molar-refractivity contribution is 0.102. The lowest BCUT2D eigenvalue weighted by Gasteiger charge is -2.07. The number of aromatic nitrogens is 4. The van der Waals surface area contributed by atoms with Gasteiger partial charge in [-0.2, -0.15) is 5.10 Å². The van der Waals surface area contributed by atoms with E-state index in [2.05, 4.69) is 20.4 Å². The summed E-state index contributed by atoms with van der Waals surface area (Å²) < 4.78 is 1.38. The number of fused-ring (bicyclic) bond motifs is 1. The van der Waals surface area contributed by atoms with E-state index in [0.717, 1.165) is 22.3 Å². The monoisotopic (exact) mass is 359 g/mol. The molecule has 2 heterocycles. The summed E-state index contributed by atoms with van der Waals surface area (Å²) in [4.78, 5) is 31.9. The number of benzene rings is 2. The summed E-state index contributed by atoms with van der Waals surface area (Å²) in [7, 11) is 0. The molecular weight excluding hydrogens is 342 g/mol. The molecule has 2 N–H and O–H groups in total. The maximum absolute atomic E-state index is 12.6. The SMILES string of the molecule is Cc1ccc(=O)n(Cc2cccc(C(=O)Nc3nc4ccccc4[nH]3)c2)n1. The van der Waals surface area contributed by atoms with Gasteiger partial charge in [-0.15, -0.1) is 0 Å². The minimum Gasteiger partial charge on any atom is -0.324 e. The molecule has 0 radical (unpaired) electrons.